The van der Waals surface area contributed by atoms with Gasteiger partial charge in [0.05, 0.1) is 24.7 Å². The molecule has 3 aromatic carbocycles. The third kappa shape index (κ3) is 6.17. The molecule has 0 aliphatic carbocycles. The van der Waals surface area contributed by atoms with Crippen molar-refractivity contribution in [2.75, 3.05) is 26.1 Å². The second-order valence-corrected chi connectivity index (χ2v) is 8.70. The second kappa shape index (κ2) is 11.4. The van der Waals surface area contributed by atoms with Gasteiger partial charge in [-0.1, -0.05) is 24.3 Å². The van der Waals surface area contributed by atoms with E-state index in [4.69, 9.17) is 14.2 Å². The molecule has 1 saturated heterocycles. The smallest absolute Gasteiger partial charge is 0.343 e. The molecule has 0 saturated carbocycles. The number of esters is 1. The fraction of sp³-hybridized carbons (Fsp3) is 0.111. The fourth-order valence-corrected chi connectivity index (χ4v) is 4.24. The highest BCUT2D eigenvalue weighted by Crippen LogP contribution is 2.35. The van der Waals surface area contributed by atoms with E-state index in [0.717, 1.165) is 16.7 Å². The number of methoxy groups -OCH3 is 2. The van der Waals surface area contributed by atoms with E-state index in [1.165, 1.54) is 26.4 Å². The Hall–Kier alpha value is -4.57. The van der Waals surface area contributed by atoms with Crippen molar-refractivity contribution in [1.82, 2.24) is 4.90 Å². The molecule has 1 fully saturated rings. The van der Waals surface area contributed by atoms with E-state index in [1.807, 2.05) is 6.07 Å². The number of hydrogen-bond donors (Lipinski definition) is 1. The maximum Gasteiger partial charge on any atom is 0.343 e. The minimum Gasteiger partial charge on any atom is -0.497 e. The number of thioether (sulfide) groups is 1. The van der Waals surface area contributed by atoms with Crippen molar-refractivity contribution in [2.24, 2.45) is 0 Å². The van der Waals surface area contributed by atoms with Crippen LogP contribution in [-0.4, -0.2) is 48.7 Å². The monoisotopic (exact) mass is 518 g/mol. The van der Waals surface area contributed by atoms with Gasteiger partial charge in [0.1, 0.15) is 12.3 Å². The maximum atomic E-state index is 12.8. The first-order valence-corrected chi connectivity index (χ1v) is 11.8. The maximum absolute atomic E-state index is 12.8. The van der Waals surface area contributed by atoms with Crippen molar-refractivity contribution in [1.29, 1.82) is 0 Å². The molecule has 1 heterocycles. The van der Waals surface area contributed by atoms with Crippen LogP contribution in [0.15, 0.2) is 77.7 Å². The lowest BCUT2D eigenvalue weighted by Crippen LogP contribution is -2.36. The molecule has 0 atom stereocenters. The summed E-state index contributed by atoms with van der Waals surface area (Å²) >= 11 is 0.723. The number of nitrogens with zero attached hydrogens (tertiary/aromatic N) is 1. The molecule has 10 heteroatoms. The number of imide groups is 1. The third-order valence-corrected chi connectivity index (χ3v) is 6.15. The summed E-state index contributed by atoms with van der Waals surface area (Å²) in [6.45, 7) is -0.412. The van der Waals surface area contributed by atoms with Crippen LogP contribution in [0, 0.1) is 0 Å². The fourth-order valence-electron chi connectivity index (χ4n) is 3.40. The zero-order valence-electron chi connectivity index (χ0n) is 19.9. The normalized spacial score (nSPS) is 14.0. The first-order chi connectivity index (χ1) is 17.9. The Balaban J connectivity index is 1.48. The first-order valence-electron chi connectivity index (χ1n) is 11.0. The average molecular weight is 519 g/mol. The van der Waals surface area contributed by atoms with E-state index in [9.17, 15) is 19.2 Å². The second-order valence-electron chi connectivity index (χ2n) is 7.71. The number of carbonyl (C=O) groups is 4. The topological polar surface area (TPSA) is 111 Å². The zero-order valence-corrected chi connectivity index (χ0v) is 20.7. The van der Waals surface area contributed by atoms with E-state index in [0.29, 0.717) is 28.3 Å². The van der Waals surface area contributed by atoms with E-state index in [-0.39, 0.29) is 10.7 Å². The number of rotatable bonds is 8. The highest BCUT2D eigenvalue weighted by Gasteiger charge is 2.36. The van der Waals surface area contributed by atoms with E-state index in [2.05, 4.69) is 5.32 Å². The predicted octanol–water partition coefficient (Wildman–Crippen LogP) is 4.60. The molecule has 37 heavy (non-hydrogen) atoms. The van der Waals surface area contributed by atoms with Gasteiger partial charge in [-0.3, -0.25) is 19.3 Å². The number of ether oxygens (including phenoxy) is 3. The largest absolute Gasteiger partial charge is 0.497 e. The summed E-state index contributed by atoms with van der Waals surface area (Å²) in [5.41, 5.74) is 1.37. The molecule has 0 bridgehead atoms. The van der Waals surface area contributed by atoms with Crippen LogP contribution in [0.5, 0.6) is 17.2 Å². The summed E-state index contributed by atoms with van der Waals surface area (Å²) < 4.78 is 15.9. The average Bonchev–Trinajstić information content (AvgIpc) is 3.16. The number of hydrogen-bond acceptors (Lipinski definition) is 8. The molecule has 1 aliphatic heterocycles. The molecule has 9 nitrogen and oxygen atoms in total. The van der Waals surface area contributed by atoms with Crippen molar-refractivity contribution in [3.8, 4) is 17.2 Å². The molecule has 1 N–H and O–H groups in total. The van der Waals surface area contributed by atoms with E-state index >= 15 is 0 Å². The van der Waals surface area contributed by atoms with Gasteiger partial charge in [-0.2, -0.15) is 0 Å². The van der Waals surface area contributed by atoms with Crippen LogP contribution >= 0.6 is 11.8 Å². The van der Waals surface area contributed by atoms with Crippen molar-refractivity contribution in [3.63, 3.8) is 0 Å². The van der Waals surface area contributed by atoms with Crippen LogP contribution in [0.2, 0.25) is 0 Å². The van der Waals surface area contributed by atoms with Crippen LogP contribution in [0.1, 0.15) is 15.9 Å². The van der Waals surface area contributed by atoms with Gasteiger partial charge in [-0.15, -0.1) is 0 Å². The van der Waals surface area contributed by atoms with Gasteiger partial charge >= 0.3 is 5.97 Å². The molecule has 0 unspecified atom stereocenters. The number of anilines is 1. The van der Waals surface area contributed by atoms with Crippen LogP contribution in [0.4, 0.5) is 10.5 Å². The van der Waals surface area contributed by atoms with Crippen molar-refractivity contribution < 1.29 is 33.4 Å². The van der Waals surface area contributed by atoms with Crippen molar-refractivity contribution in [3.05, 3.63) is 88.8 Å². The summed E-state index contributed by atoms with van der Waals surface area (Å²) in [4.78, 5) is 51.3. The molecule has 0 spiro atoms. The van der Waals surface area contributed by atoms with Crippen LogP contribution in [0.3, 0.4) is 0 Å². The molecule has 3 aromatic rings. The highest BCUT2D eigenvalue weighted by molar-refractivity contribution is 8.18. The molecular formula is C27H22N2O7S. The van der Waals surface area contributed by atoms with E-state index in [1.54, 1.807) is 60.7 Å². The highest BCUT2D eigenvalue weighted by atomic mass is 32.2. The lowest BCUT2D eigenvalue weighted by atomic mass is 10.1. The molecule has 188 valence electrons. The van der Waals surface area contributed by atoms with Crippen LogP contribution in [0.25, 0.3) is 6.08 Å². The Morgan fingerprint density at radius 2 is 1.65 bits per heavy atom. The third-order valence-electron chi connectivity index (χ3n) is 5.25. The Kier molecular flexibility index (Phi) is 7.89. The summed E-state index contributed by atoms with van der Waals surface area (Å²) in [7, 11) is 2.96. The van der Waals surface area contributed by atoms with Gasteiger partial charge < -0.3 is 19.5 Å². The van der Waals surface area contributed by atoms with Gasteiger partial charge in [-0.25, -0.2) is 4.79 Å². The molecule has 0 radical (unpaired) electrons. The number of benzene rings is 3. The van der Waals surface area contributed by atoms with Crippen LogP contribution in [-0.2, 0) is 9.59 Å². The quantitative estimate of drug-likeness (QED) is 0.262. The molecule has 1 aliphatic rings. The Morgan fingerprint density at radius 3 is 2.32 bits per heavy atom. The Labute approximate surface area is 217 Å². The molecule has 3 amide bonds. The predicted molar refractivity (Wildman–Crippen MR) is 139 cm³/mol. The Morgan fingerprint density at radius 1 is 0.919 bits per heavy atom. The van der Waals surface area contributed by atoms with Gasteiger partial charge in [-0.05, 0) is 71.9 Å². The van der Waals surface area contributed by atoms with Crippen LogP contribution < -0.4 is 19.5 Å². The molecule has 4 rings (SSSR count). The minimum atomic E-state index is -0.608. The SMILES string of the molecule is COc1ccc(C(=O)Oc2cc(/C=C3\SC(=O)N(CC(=O)Nc4ccccc4)C3=O)ccc2OC)cc1. The standard InChI is InChI=1S/C27H22N2O7S/c1-34-20-11-9-18(10-12-20)26(32)36-22-14-17(8-13-21(22)35-2)15-23-25(31)29(27(33)37-23)16-24(30)28-19-6-4-3-5-7-19/h3-15H,16H2,1-2H3,(H,28,30)/b23-15-. The summed E-state index contributed by atoms with van der Waals surface area (Å²) in [5, 5.41) is 2.09. The zero-order chi connectivity index (χ0) is 26.4. The lowest BCUT2D eigenvalue weighted by molar-refractivity contribution is -0.127. The van der Waals surface area contributed by atoms with Gasteiger partial charge in [0.15, 0.2) is 11.5 Å². The summed E-state index contributed by atoms with van der Waals surface area (Å²) in [6.07, 6.45) is 1.49. The lowest BCUT2D eigenvalue weighted by Gasteiger charge is -2.12. The Bertz CT molecular complexity index is 1370. The van der Waals surface area contributed by atoms with E-state index < -0.39 is 29.6 Å². The molecule has 0 aromatic heterocycles. The molecular weight excluding hydrogens is 496 g/mol. The first kappa shape index (κ1) is 25.5. The number of carbonyl (C=O) groups excluding carboxylic acids is 4. The van der Waals surface area contributed by atoms with Crippen molar-refractivity contribution in [2.45, 2.75) is 0 Å². The van der Waals surface area contributed by atoms with Gasteiger partial charge in [0.2, 0.25) is 5.91 Å². The summed E-state index contributed by atoms with van der Waals surface area (Å²) in [6, 6.07) is 19.9. The minimum absolute atomic E-state index is 0.134. The van der Waals surface area contributed by atoms with Gasteiger partial charge in [0, 0.05) is 5.69 Å². The van der Waals surface area contributed by atoms with Gasteiger partial charge in [0.25, 0.3) is 11.1 Å². The number of nitrogens with one attached hydrogen (secondary N) is 1. The summed E-state index contributed by atoms with van der Waals surface area (Å²) in [5.74, 6) is -0.647. The van der Waals surface area contributed by atoms with Crippen molar-refractivity contribution >= 4 is 46.5 Å². The number of para-hydroxylation sites is 1. The number of amides is 3.